The lowest BCUT2D eigenvalue weighted by Gasteiger charge is -2.50. The summed E-state index contributed by atoms with van der Waals surface area (Å²) < 4.78 is 49.5. The number of cyclic esters (lactones) is 1. The van der Waals surface area contributed by atoms with E-state index >= 15 is 0 Å². The molecule has 4 saturated heterocycles. The Labute approximate surface area is 370 Å². The molecule has 0 aromatic rings. The molecule has 0 saturated carbocycles. The van der Waals surface area contributed by atoms with Crippen LogP contribution in [0.4, 0.5) is 0 Å². The Morgan fingerprint density at radius 1 is 0.794 bits per heavy atom. The van der Waals surface area contributed by atoms with Crippen molar-refractivity contribution in [3.05, 3.63) is 0 Å². The number of likely N-dealkylation sites (N-methyl/N-ethyl adjacent to an activating group) is 1. The number of aliphatic hydroxyl groups excluding tert-OH is 5. The lowest BCUT2D eigenvalue weighted by molar-refractivity contribution is -0.359. The van der Waals surface area contributed by atoms with Crippen LogP contribution in [-0.4, -0.2) is 200 Å². The molecule has 4 aliphatic heterocycles. The summed E-state index contributed by atoms with van der Waals surface area (Å²) >= 11 is 0. The minimum atomic E-state index is -2.08. The van der Waals surface area contributed by atoms with Crippen LogP contribution in [-0.2, 0) is 52.3 Å². The molecule has 0 bridgehead atoms. The van der Waals surface area contributed by atoms with Crippen LogP contribution in [0.2, 0.25) is 0 Å². The molecule has 63 heavy (non-hydrogen) atoms. The van der Waals surface area contributed by atoms with Crippen molar-refractivity contribution >= 4 is 17.7 Å². The monoisotopic (exact) mass is 909 g/mol. The highest BCUT2D eigenvalue weighted by Gasteiger charge is 2.55. The fourth-order valence-electron chi connectivity index (χ4n) is 9.86. The first-order valence-electron chi connectivity index (χ1n) is 22.0. The number of Topliss-reactive ketones (excluding diaryl/α,β-unsaturated/α-hetero) is 1. The van der Waals surface area contributed by atoms with Gasteiger partial charge in [0, 0.05) is 37.3 Å². The number of carbonyl (C=O) groups is 3. The van der Waals surface area contributed by atoms with Gasteiger partial charge in [-0.1, -0.05) is 27.7 Å². The molecule has 0 aromatic carbocycles. The number of carboxylic acids is 1. The van der Waals surface area contributed by atoms with E-state index in [0.29, 0.717) is 6.42 Å². The molecule has 5 unspecified atom stereocenters. The molecule has 20 heteroatoms. The van der Waals surface area contributed by atoms with Gasteiger partial charge in [0.2, 0.25) is 0 Å². The molecule has 0 amide bonds. The number of ketones is 1. The van der Waals surface area contributed by atoms with Crippen LogP contribution in [0, 0.1) is 23.7 Å². The topological polar surface area (TPSA) is 290 Å². The van der Waals surface area contributed by atoms with Gasteiger partial charge in [-0.25, -0.2) is 4.79 Å². The lowest BCUT2D eigenvalue weighted by Crippen LogP contribution is -2.65. The molecule has 4 heterocycles. The smallest absolute Gasteiger partial charge is 0.335 e. The number of aliphatic carboxylic acids is 1. The number of methoxy groups -OCH3 is 1. The zero-order chi connectivity index (χ0) is 47.8. The first-order valence-corrected chi connectivity index (χ1v) is 22.0. The summed E-state index contributed by atoms with van der Waals surface area (Å²) in [7, 11) is 4.92. The standard InChI is InChI=1S/C43H75NO19/c1-14-25-43(10,55)34(49)20(4)27(45)18(2)16-41(8,54)36(21(5)31(22(6)38(53)59-25)60-26-17-42(9,56-13)35(50)23(7)58-26)63-40-32(24(44(11)12)15-19(3)57-40)61-39-30(48)28(46)29(47)33(62-39)37(51)52/h18-26,28-36,39-40,46-50,54-55H,14-17H2,1-13H3,(H,51,52)/t18-,19-,20+,21+,22-,23+,24+,25-,26+,28?,29?,30?,31+,32-,33?,34-,35+,36-,39?,40+,41-,42-,43-/m1/s1. The van der Waals surface area contributed by atoms with Crippen molar-refractivity contribution in [2.45, 2.75) is 210 Å². The second-order valence-electron chi connectivity index (χ2n) is 19.3. The normalized spacial score (nSPS) is 49.9. The highest BCUT2D eigenvalue weighted by atomic mass is 16.8. The third kappa shape index (κ3) is 11.4. The summed E-state index contributed by atoms with van der Waals surface area (Å²) in [6.45, 7) is 15.7. The number of nitrogens with zero attached hydrogens (tertiary/aromatic N) is 1. The predicted molar refractivity (Wildman–Crippen MR) is 219 cm³/mol. The molecule has 0 aliphatic carbocycles. The number of hydrogen-bond donors (Lipinski definition) is 8. The van der Waals surface area contributed by atoms with Crippen LogP contribution in [0.25, 0.3) is 0 Å². The molecule has 4 rings (SSSR count). The first kappa shape index (κ1) is 53.6. The van der Waals surface area contributed by atoms with E-state index in [4.69, 9.17) is 37.9 Å². The molecule has 0 aromatic heterocycles. The van der Waals surface area contributed by atoms with Gasteiger partial charge in [-0.3, -0.25) is 9.59 Å². The van der Waals surface area contributed by atoms with Gasteiger partial charge in [0.05, 0.1) is 47.6 Å². The van der Waals surface area contributed by atoms with Gasteiger partial charge >= 0.3 is 11.9 Å². The van der Waals surface area contributed by atoms with Crippen molar-refractivity contribution in [1.29, 1.82) is 0 Å². The van der Waals surface area contributed by atoms with E-state index in [1.807, 2.05) is 0 Å². The number of ether oxygens (including phenoxy) is 8. The summed E-state index contributed by atoms with van der Waals surface area (Å²) in [5.41, 5.74) is -5.24. The van der Waals surface area contributed by atoms with E-state index in [-0.39, 0.29) is 19.3 Å². The van der Waals surface area contributed by atoms with Crippen molar-refractivity contribution in [2.75, 3.05) is 21.2 Å². The van der Waals surface area contributed by atoms with Crippen LogP contribution in [0.3, 0.4) is 0 Å². The Hall–Kier alpha value is -1.99. The van der Waals surface area contributed by atoms with Crippen molar-refractivity contribution in [3.63, 3.8) is 0 Å². The van der Waals surface area contributed by atoms with E-state index in [9.17, 15) is 55.2 Å². The maximum absolute atomic E-state index is 14.4. The number of carboxylic acid groups (broad SMARTS) is 1. The summed E-state index contributed by atoms with van der Waals surface area (Å²) in [5, 5.41) is 88.8. The van der Waals surface area contributed by atoms with E-state index in [1.54, 1.807) is 60.5 Å². The second-order valence-corrected chi connectivity index (χ2v) is 19.3. The van der Waals surface area contributed by atoms with Gasteiger partial charge in [0.1, 0.15) is 48.0 Å². The maximum atomic E-state index is 14.4. The molecular weight excluding hydrogens is 834 g/mol. The van der Waals surface area contributed by atoms with Crippen LogP contribution in [0.5, 0.6) is 0 Å². The fourth-order valence-corrected chi connectivity index (χ4v) is 9.86. The van der Waals surface area contributed by atoms with Crippen LogP contribution in [0.1, 0.15) is 94.9 Å². The SMILES string of the molecule is CC[C@H]1OC(=O)[C@H](C)[C@@H](O[C@H]2C[C@@](C)(OC)[C@@H](O)[C@H](C)O2)[C@H](C)[C@@H](O[C@@H]2O[C@H](C)C[C@H](N(C)C)[C@H]2OC2OC(C(=O)O)C(O)C(O)C2O)[C@](C)(O)C[C@@H](C)C(=O)[C@H](C)[C@@H](O)[C@]1(C)O. The number of rotatable bonds is 10. The Morgan fingerprint density at radius 3 is 1.97 bits per heavy atom. The summed E-state index contributed by atoms with van der Waals surface area (Å²) in [6, 6.07) is -0.599. The third-order valence-corrected chi connectivity index (χ3v) is 13.9. The Kier molecular flexibility index (Phi) is 17.8. The van der Waals surface area contributed by atoms with E-state index in [0.717, 1.165) is 0 Å². The van der Waals surface area contributed by atoms with Crippen LogP contribution < -0.4 is 0 Å². The lowest BCUT2D eigenvalue weighted by atomic mass is 9.74. The molecule has 0 radical (unpaired) electrons. The maximum Gasteiger partial charge on any atom is 0.335 e. The first-order chi connectivity index (χ1) is 29.0. The predicted octanol–water partition coefficient (Wildman–Crippen LogP) is -0.298. The van der Waals surface area contributed by atoms with Gasteiger partial charge < -0.3 is 83.6 Å². The highest BCUT2D eigenvalue weighted by molar-refractivity contribution is 5.83. The number of hydrogen-bond acceptors (Lipinski definition) is 19. The van der Waals surface area contributed by atoms with E-state index in [1.165, 1.54) is 34.8 Å². The average Bonchev–Trinajstić information content (AvgIpc) is 3.21. The molecule has 23 atom stereocenters. The molecule has 4 aliphatic rings. The Morgan fingerprint density at radius 2 is 1.41 bits per heavy atom. The van der Waals surface area contributed by atoms with Crippen LogP contribution >= 0.6 is 0 Å². The second kappa shape index (κ2) is 20.9. The minimum Gasteiger partial charge on any atom is -0.479 e. The average molecular weight is 910 g/mol. The molecule has 0 spiro atoms. The highest BCUT2D eigenvalue weighted by Crippen LogP contribution is 2.41. The summed E-state index contributed by atoms with van der Waals surface area (Å²) in [6.07, 6.45) is -21.5. The molecule has 366 valence electrons. The molecule has 4 fully saturated rings. The quantitative estimate of drug-likeness (QED) is 0.131. The van der Waals surface area contributed by atoms with Gasteiger partial charge in [-0.2, -0.15) is 0 Å². The number of esters is 1. The van der Waals surface area contributed by atoms with Gasteiger partial charge in [0.25, 0.3) is 0 Å². The van der Waals surface area contributed by atoms with Gasteiger partial charge in [0.15, 0.2) is 25.0 Å². The van der Waals surface area contributed by atoms with Crippen molar-refractivity contribution < 1.29 is 93.1 Å². The van der Waals surface area contributed by atoms with Crippen molar-refractivity contribution in [3.8, 4) is 0 Å². The zero-order valence-corrected chi connectivity index (χ0v) is 38.9. The zero-order valence-electron chi connectivity index (χ0n) is 38.9. The fraction of sp³-hybridized carbons (Fsp3) is 0.930. The van der Waals surface area contributed by atoms with Crippen LogP contribution in [0.15, 0.2) is 0 Å². The third-order valence-electron chi connectivity index (χ3n) is 13.9. The number of carbonyl (C=O) groups excluding carboxylic acids is 2. The largest absolute Gasteiger partial charge is 0.479 e. The van der Waals surface area contributed by atoms with E-state index in [2.05, 4.69) is 0 Å². The van der Waals surface area contributed by atoms with Gasteiger partial charge in [-0.05, 0) is 74.9 Å². The summed E-state index contributed by atoms with van der Waals surface area (Å²) in [4.78, 5) is 42.2. The molecular formula is C43H75NO19. The minimum absolute atomic E-state index is 0.00486. The van der Waals surface area contributed by atoms with E-state index < -0.39 is 156 Å². The van der Waals surface area contributed by atoms with Crippen molar-refractivity contribution in [2.24, 2.45) is 23.7 Å². The Balaban J connectivity index is 1.88. The molecule has 20 nitrogen and oxygen atoms in total. The number of aliphatic hydroxyl groups is 7. The van der Waals surface area contributed by atoms with Crippen molar-refractivity contribution in [1.82, 2.24) is 4.90 Å². The van der Waals surface area contributed by atoms with Gasteiger partial charge in [-0.15, -0.1) is 0 Å². The summed E-state index contributed by atoms with van der Waals surface area (Å²) in [5.74, 6) is -7.39. The molecule has 8 N–H and O–H groups in total. The Bertz CT molecular complexity index is 1550.